The predicted molar refractivity (Wildman–Crippen MR) is 145 cm³/mol. The number of hydrogen-bond acceptors (Lipinski definition) is 7. The Morgan fingerprint density at radius 3 is 2.32 bits per heavy atom. The normalized spacial score (nSPS) is 11.4. The van der Waals surface area contributed by atoms with Crippen molar-refractivity contribution in [1.82, 2.24) is 19.9 Å². The van der Waals surface area contributed by atoms with E-state index in [9.17, 15) is 9.59 Å². The van der Waals surface area contributed by atoms with Gasteiger partial charge in [-0.1, -0.05) is 38.1 Å². The number of carbonyl (C=O) groups is 2. The Balaban J connectivity index is 1.39. The lowest BCUT2D eigenvalue weighted by Crippen LogP contribution is -2.19. The highest BCUT2D eigenvalue weighted by Gasteiger charge is 2.21. The van der Waals surface area contributed by atoms with Crippen LogP contribution >= 0.6 is 0 Å². The summed E-state index contributed by atoms with van der Waals surface area (Å²) >= 11 is 0. The highest BCUT2D eigenvalue weighted by molar-refractivity contribution is 6.02. The molecule has 3 aromatic heterocycles. The molecule has 3 amide bonds. The van der Waals surface area contributed by atoms with E-state index in [1.807, 2.05) is 32.9 Å². The molecule has 2 aromatic carbocycles. The second kappa shape index (κ2) is 9.36. The molecule has 0 saturated heterocycles. The number of carbonyl (C=O) groups excluding carboxylic acids is 2. The standard InChI is InChI=1S/C27H26N8O3/c1-27(2,3)21-12-22(34-38-21)32-26(37)31-17-8-10-18(11-9-17)35-20-14-30-13-19(28)23(20)24(33-35)15-4-6-16(7-5-15)25(29)36/h4-14H,28H2,1-3H3,(H2,29,36)(H2,31,32,34,37). The van der Waals surface area contributed by atoms with Gasteiger partial charge in [0.25, 0.3) is 0 Å². The molecule has 0 radical (unpaired) electrons. The second-order valence-corrected chi connectivity index (χ2v) is 9.78. The first-order valence-corrected chi connectivity index (χ1v) is 11.8. The number of aromatic nitrogens is 4. The van der Waals surface area contributed by atoms with Crippen LogP contribution in [0, 0.1) is 0 Å². The number of primary amides is 1. The van der Waals surface area contributed by atoms with Gasteiger partial charge in [0.05, 0.1) is 34.7 Å². The summed E-state index contributed by atoms with van der Waals surface area (Å²) < 4.78 is 7.03. The van der Waals surface area contributed by atoms with Crippen molar-refractivity contribution >= 4 is 40.0 Å². The van der Waals surface area contributed by atoms with E-state index in [1.165, 1.54) is 0 Å². The van der Waals surface area contributed by atoms with E-state index in [1.54, 1.807) is 59.5 Å². The van der Waals surface area contributed by atoms with E-state index >= 15 is 0 Å². The summed E-state index contributed by atoms with van der Waals surface area (Å²) in [6.07, 6.45) is 3.25. The van der Waals surface area contributed by atoms with Gasteiger partial charge in [-0.05, 0) is 36.4 Å². The molecule has 0 unspecified atom stereocenters. The SMILES string of the molecule is CC(C)(C)c1cc(NC(=O)Nc2ccc(-n3nc(-c4ccc(C(N)=O)cc4)c4c(N)cncc43)cc2)no1. The molecule has 0 spiro atoms. The number of nitrogens with two attached hydrogens (primary N) is 2. The fourth-order valence-electron chi connectivity index (χ4n) is 3.93. The Kier molecular flexibility index (Phi) is 6.03. The van der Waals surface area contributed by atoms with Crippen molar-refractivity contribution in [3.05, 3.63) is 78.3 Å². The quantitative estimate of drug-likeness (QED) is 0.266. The van der Waals surface area contributed by atoms with Gasteiger partial charge < -0.3 is 21.3 Å². The molecular weight excluding hydrogens is 484 g/mol. The van der Waals surface area contributed by atoms with Crippen LogP contribution in [0.4, 0.5) is 22.0 Å². The summed E-state index contributed by atoms with van der Waals surface area (Å²) in [6.45, 7) is 5.98. The lowest BCUT2D eigenvalue weighted by Gasteiger charge is -2.12. The molecule has 3 heterocycles. The number of benzene rings is 2. The maximum Gasteiger partial charge on any atom is 0.324 e. The van der Waals surface area contributed by atoms with Crippen molar-refractivity contribution in [3.8, 4) is 16.9 Å². The maximum absolute atomic E-state index is 12.5. The number of nitrogen functional groups attached to an aromatic ring is 1. The van der Waals surface area contributed by atoms with E-state index in [4.69, 9.17) is 21.1 Å². The zero-order valence-corrected chi connectivity index (χ0v) is 21.0. The number of rotatable bonds is 5. The average molecular weight is 511 g/mol. The summed E-state index contributed by atoms with van der Waals surface area (Å²) in [6, 6.07) is 15.2. The Bertz CT molecular complexity index is 1640. The average Bonchev–Trinajstić information content (AvgIpc) is 3.50. The van der Waals surface area contributed by atoms with Crippen LogP contribution in [0.5, 0.6) is 0 Å². The molecule has 0 aliphatic carbocycles. The van der Waals surface area contributed by atoms with Crippen LogP contribution < -0.4 is 22.1 Å². The van der Waals surface area contributed by atoms with Crippen LogP contribution in [0.2, 0.25) is 0 Å². The van der Waals surface area contributed by atoms with Crippen LogP contribution in [0.3, 0.4) is 0 Å². The predicted octanol–water partition coefficient (Wildman–Crippen LogP) is 4.70. The maximum atomic E-state index is 12.5. The molecule has 192 valence electrons. The van der Waals surface area contributed by atoms with E-state index in [0.717, 1.165) is 16.6 Å². The third-order valence-corrected chi connectivity index (χ3v) is 5.92. The van der Waals surface area contributed by atoms with Gasteiger partial charge >= 0.3 is 6.03 Å². The number of anilines is 3. The van der Waals surface area contributed by atoms with Gasteiger partial charge in [0.15, 0.2) is 5.82 Å². The first-order chi connectivity index (χ1) is 18.1. The fraction of sp³-hybridized carbons (Fsp3) is 0.148. The number of urea groups is 1. The Morgan fingerprint density at radius 1 is 0.974 bits per heavy atom. The topological polar surface area (TPSA) is 167 Å². The first kappa shape index (κ1) is 24.5. The molecule has 38 heavy (non-hydrogen) atoms. The van der Waals surface area contributed by atoms with Crippen molar-refractivity contribution in [1.29, 1.82) is 0 Å². The van der Waals surface area contributed by atoms with Gasteiger partial charge in [-0.2, -0.15) is 5.10 Å². The molecule has 0 saturated carbocycles. The third kappa shape index (κ3) is 4.76. The monoisotopic (exact) mass is 510 g/mol. The smallest absolute Gasteiger partial charge is 0.324 e. The van der Waals surface area contributed by atoms with Crippen molar-refractivity contribution in [2.75, 3.05) is 16.4 Å². The first-order valence-electron chi connectivity index (χ1n) is 11.8. The van der Waals surface area contributed by atoms with Gasteiger partial charge in [0.1, 0.15) is 11.5 Å². The van der Waals surface area contributed by atoms with Crippen LogP contribution in [-0.4, -0.2) is 31.9 Å². The minimum atomic E-state index is -0.506. The van der Waals surface area contributed by atoms with Crippen LogP contribution in [0.25, 0.3) is 27.8 Å². The van der Waals surface area contributed by atoms with Crippen LogP contribution in [0.15, 0.2) is 71.5 Å². The van der Waals surface area contributed by atoms with Gasteiger partial charge in [-0.3, -0.25) is 15.1 Å². The minimum absolute atomic E-state index is 0.219. The van der Waals surface area contributed by atoms with E-state index < -0.39 is 11.9 Å². The van der Waals surface area contributed by atoms with E-state index in [-0.39, 0.29) is 5.41 Å². The number of pyridine rings is 1. The second-order valence-electron chi connectivity index (χ2n) is 9.78. The Labute approximate surface area is 217 Å². The van der Waals surface area contributed by atoms with Crippen molar-refractivity contribution in [3.63, 3.8) is 0 Å². The number of nitrogens with one attached hydrogen (secondary N) is 2. The minimum Gasteiger partial charge on any atom is -0.397 e. The Morgan fingerprint density at radius 2 is 1.68 bits per heavy atom. The molecule has 5 aromatic rings. The number of hydrogen-bond donors (Lipinski definition) is 4. The molecule has 0 fully saturated rings. The highest BCUT2D eigenvalue weighted by Crippen LogP contribution is 2.33. The van der Waals surface area contributed by atoms with Crippen LogP contribution in [-0.2, 0) is 5.41 Å². The molecule has 11 nitrogen and oxygen atoms in total. The zero-order valence-electron chi connectivity index (χ0n) is 21.0. The van der Waals surface area contributed by atoms with Crippen molar-refractivity contribution < 1.29 is 14.1 Å². The summed E-state index contributed by atoms with van der Waals surface area (Å²) in [5.41, 5.74) is 15.7. The molecule has 5 rings (SSSR count). The molecule has 0 bridgehead atoms. The molecule has 6 N–H and O–H groups in total. The van der Waals surface area contributed by atoms with Crippen molar-refractivity contribution in [2.24, 2.45) is 5.73 Å². The number of fused-ring (bicyclic) bond motifs is 1. The summed E-state index contributed by atoms with van der Waals surface area (Å²) in [5.74, 6) is 0.490. The summed E-state index contributed by atoms with van der Waals surface area (Å²) in [5, 5.41) is 14.9. The number of nitrogens with zero attached hydrogens (tertiary/aromatic N) is 4. The number of amides is 3. The van der Waals surface area contributed by atoms with Crippen LogP contribution in [0.1, 0.15) is 36.9 Å². The molecular formula is C27H26N8O3. The van der Waals surface area contributed by atoms with Gasteiger partial charge in [0, 0.05) is 28.3 Å². The third-order valence-electron chi connectivity index (χ3n) is 5.92. The largest absolute Gasteiger partial charge is 0.397 e. The molecule has 0 aliphatic heterocycles. The van der Waals surface area contributed by atoms with Crippen molar-refractivity contribution in [2.45, 2.75) is 26.2 Å². The van der Waals surface area contributed by atoms with E-state index in [0.29, 0.717) is 39.7 Å². The lowest BCUT2D eigenvalue weighted by molar-refractivity contribution is 0.1000. The molecule has 0 atom stereocenters. The molecule has 0 aliphatic rings. The Hall–Kier alpha value is -5.19. The highest BCUT2D eigenvalue weighted by atomic mass is 16.5. The lowest BCUT2D eigenvalue weighted by atomic mass is 9.93. The summed E-state index contributed by atoms with van der Waals surface area (Å²) in [4.78, 5) is 28.2. The van der Waals surface area contributed by atoms with E-state index in [2.05, 4.69) is 20.8 Å². The zero-order chi connectivity index (χ0) is 27.0. The van der Waals surface area contributed by atoms with Gasteiger partial charge in [0.2, 0.25) is 5.91 Å². The fourth-order valence-corrected chi connectivity index (χ4v) is 3.93. The molecule has 11 heteroatoms. The van der Waals surface area contributed by atoms with Gasteiger partial charge in [-0.15, -0.1) is 0 Å². The summed E-state index contributed by atoms with van der Waals surface area (Å²) in [7, 11) is 0. The van der Waals surface area contributed by atoms with Gasteiger partial charge in [-0.25, -0.2) is 9.48 Å².